The lowest BCUT2D eigenvalue weighted by Crippen LogP contribution is -2.18. The molecular weight excluding hydrogens is 442 g/mol. The van der Waals surface area contributed by atoms with E-state index in [0.29, 0.717) is 17.5 Å². The first-order valence-electron chi connectivity index (χ1n) is 10.2. The lowest BCUT2D eigenvalue weighted by atomic mass is 10.1. The van der Waals surface area contributed by atoms with E-state index in [0.717, 1.165) is 28.4 Å². The van der Waals surface area contributed by atoms with Crippen LogP contribution in [0.1, 0.15) is 21.8 Å². The van der Waals surface area contributed by atoms with Gasteiger partial charge in [-0.25, -0.2) is 14.9 Å². The molecular formula is C23H23N5O2S2. The van der Waals surface area contributed by atoms with Crippen molar-refractivity contribution in [2.45, 2.75) is 37.2 Å². The van der Waals surface area contributed by atoms with E-state index in [4.69, 9.17) is 0 Å². The molecule has 0 fully saturated rings. The maximum Gasteiger partial charge on any atom is 0.343 e. The number of hydrogen-bond donors (Lipinski definition) is 2. The third kappa shape index (κ3) is 5.74. The molecule has 0 saturated heterocycles. The maximum absolute atomic E-state index is 12.4. The summed E-state index contributed by atoms with van der Waals surface area (Å²) in [6.45, 7) is 2.52. The first-order chi connectivity index (χ1) is 15.6. The number of aromatic amines is 1. The summed E-state index contributed by atoms with van der Waals surface area (Å²) in [6, 6.07) is 17.7. The van der Waals surface area contributed by atoms with Crippen LogP contribution in [0.25, 0.3) is 0 Å². The average Bonchev–Trinajstić information content (AvgIpc) is 3.39. The molecule has 9 heteroatoms. The van der Waals surface area contributed by atoms with Gasteiger partial charge >= 0.3 is 5.69 Å². The Morgan fingerprint density at radius 1 is 1.16 bits per heavy atom. The first-order valence-corrected chi connectivity index (χ1v) is 12.1. The van der Waals surface area contributed by atoms with Gasteiger partial charge in [0.15, 0.2) is 5.16 Å². The SMILES string of the molecule is Cc1ccccc1NC(=O)Cc1nc(CSc2n[nH]c(=O)n2CCc2ccccc2)cs1. The van der Waals surface area contributed by atoms with Crippen LogP contribution in [0.4, 0.5) is 5.69 Å². The van der Waals surface area contributed by atoms with Gasteiger partial charge in [0.05, 0.1) is 12.1 Å². The Labute approximate surface area is 193 Å². The number of aromatic nitrogens is 4. The summed E-state index contributed by atoms with van der Waals surface area (Å²) < 4.78 is 1.65. The molecule has 164 valence electrons. The van der Waals surface area contributed by atoms with Crippen LogP contribution in [0, 0.1) is 6.92 Å². The molecule has 0 bridgehead atoms. The monoisotopic (exact) mass is 465 g/mol. The molecule has 2 aromatic heterocycles. The number of carbonyl (C=O) groups excluding carboxylic acids is 1. The number of thiazole rings is 1. The predicted molar refractivity (Wildman–Crippen MR) is 128 cm³/mol. The second-order valence-electron chi connectivity index (χ2n) is 7.26. The normalized spacial score (nSPS) is 10.9. The van der Waals surface area contributed by atoms with Gasteiger partial charge in [-0.3, -0.25) is 9.36 Å². The molecule has 0 radical (unpaired) electrons. The molecule has 4 rings (SSSR count). The molecule has 2 aromatic carbocycles. The number of thioether (sulfide) groups is 1. The molecule has 32 heavy (non-hydrogen) atoms. The van der Waals surface area contributed by atoms with E-state index < -0.39 is 0 Å². The number of nitrogens with one attached hydrogen (secondary N) is 2. The Bertz CT molecular complexity index is 1250. The number of para-hydroxylation sites is 1. The van der Waals surface area contributed by atoms with Crippen molar-refractivity contribution in [1.82, 2.24) is 19.7 Å². The largest absolute Gasteiger partial charge is 0.343 e. The van der Waals surface area contributed by atoms with Crippen molar-refractivity contribution >= 4 is 34.7 Å². The highest BCUT2D eigenvalue weighted by molar-refractivity contribution is 7.98. The van der Waals surface area contributed by atoms with Gasteiger partial charge in [0.2, 0.25) is 5.91 Å². The summed E-state index contributed by atoms with van der Waals surface area (Å²) in [7, 11) is 0. The van der Waals surface area contributed by atoms with E-state index in [1.54, 1.807) is 4.57 Å². The minimum Gasteiger partial charge on any atom is -0.325 e. The summed E-state index contributed by atoms with van der Waals surface area (Å²) in [6.07, 6.45) is 0.985. The average molecular weight is 466 g/mol. The molecule has 1 amide bonds. The zero-order valence-corrected chi connectivity index (χ0v) is 19.2. The molecule has 0 atom stereocenters. The highest BCUT2D eigenvalue weighted by Crippen LogP contribution is 2.22. The highest BCUT2D eigenvalue weighted by atomic mass is 32.2. The van der Waals surface area contributed by atoms with Crippen molar-refractivity contribution in [2.24, 2.45) is 0 Å². The van der Waals surface area contributed by atoms with Crippen molar-refractivity contribution in [1.29, 1.82) is 0 Å². The fourth-order valence-electron chi connectivity index (χ4n) is 3.18. The lowest BCUT2D eigenvalue weighted by Gasteiger charge is -2.06. The van der Waals surface area contributed by atoms with E-state index in [2.05, 4.69) is 20.5 Å². The number of rotatable bonds is 9. The zero-order chi connectivity index (χ0) is 22.3. The van der Waals surface area contributed by atoms with Crippen molar-refractivity contribution in [2.75, 3.05) is 5.32 Å². The quantitative estimate of drug-likeness (QED) is 0.364. The van der Waals surface area contributed by atoms with E-state index in [9.17, 15) is 9.59 Å². The van der Waals surface area contributed by atoms with Gasteiger partial charge in [0.25, 0.3) is 0 Å². The molecule has 0 aliphatic heterocycles. The van der Waals surface area contributed by atoms with Crippen molar-refractivity contribution < 1.29 is 4.79 Å². The molecule has 0 unspecified atom stereocenters. The van der Waals surface area contributed by atoms with Gasteiger partial charge in [-0.05, 0) is 30.5 Å². The van der Waals surface area contributed by atoms with Crippen LogP contribution in [-0.2, 0) is 29.9 Å². The van der Waals surface area contributed by atoms with Gasteiger partial charge in [-0.2, -0.15) is 0 Å². The summed E-state index contributed by atoms with van der Waals surface area (Å²) in [4.78, 5) is 29.1. The number of anilines is 1. The van der Waals surface area contributed by atoms with Crippen LogP contribution >= 0.6 is 23.1 Å². The van der Waals surface area contributed by atoms with Crippen LogP contribution in [0.2, 0.25) is 0 Å². The topological polar surface area (TPSA) is 92.7 Å². The molecule has 0 spiro atoms. The number of nitrogens with zero attached hydrogens (tertiary/aromatic N) is 3. The minimum absolute atomic E-state index is 0.0881. The van der Waals surface area contributed by atoms with Gasteiger partial charge in [-0.15, -0.1) is 16.4 Å². The van der Waals surface area contributed by atoms with Crippen molar-refractivity contribution in [3.05, 3.63) is 92.3 Å². The molecule has 2 heterocycles. The van der Waals surface area contributed by atoms with Gasteiger partial charge < -0.3 is 5.32 Å². The molecule has 7 nitrogen and oxygen atoms in total. The van der Waals surface area contributed by atoms with Crippen molar-refractivity contribution in [3.63, 3.8) is 0 Å². The number of H-pyrrole nitrogens is 1. The Morgan fingerprint density at radius 3 is 2.75 bits per heavy atom. The minimum atomic E-state index is -0.213. The summed E-state index contributed by atoms with van der Waals surface area (Å²) in [5.41, 5.74) is 3.66. The predicted octanol–water partition coefficient (Wildman–Crippen LogP) is 4.05. The third-order valence-electron chi connectivity index (χ3n) is 4.87. The summed E-state index contributed by atoms with van der Waals surface area (Å²) in [5.74, 6) is 0.487. The van der Waals surface area contributed by atoms with E-state index in [-0.39, 0.29) is 18.0 Å². The molecule has 2 N–H and O–H groups in total. The molecule has 0 aliphatic rings. The Morgan fingerprint density at radius 2 is 1.94 bits per heavy atom. The second kappa shape index (κ2) is 10.4. The number of amides is 1. The maximum atomic E-state index is 12.4. The van der Waals surface area contributed by atoms with Crippen LogP contribution < -0.4 is 11.0 Å². The van der Waals surface area contributed by atoms with Crippen LogP contribution in [0.5, 0.6) is 0 Å². The molecule has 4 aromatic rings. The fourth-order valence-corrected chi connectivity index (χ4v) is 4.94. The highest BCUT2D eigenvalue weighted by Gasteiger charge is 2.13. The van der Waals surface area contributed by atoms with Gasteiger partial charge in [0, 0.05) is 23.4 Å². The van der Waals surface area contributed by atoms with E-state index in [1.807, 2.05) is 66.9 Å². The van der Waals surface area contributed by atoms with Crippen molar-refractivity contribution in [3.8, 4) is 0 Å². The Hall–Kier alpha value is -3.17. The lowest BCUT2D eigenvalue weighted by molar-refractivity contribution is -0.115. The standard InChI is InChI=1S/C23H23N5O2S2/c1-16-7-5-6-10-19(16)25-20(29)13-21-24-18(14-31-21)15-32-23-27-26-22(30)28(23)12-11-17-8-3-2-4-9-17/h2-10,14H,11-13,15H2,1H3,(H,25,29)(H,26,30). The third-order valence-corrected chi connectivity index (χ3v) is 6.78. The number of benzene rings is 2. The van der Waals surface area contributed by atoms with E-state index >= 15 is 0 Å². The number of aryl methyl sites for hydroxylation is 2. The first kappa shape index (κ1) is 22.0. The zero-order valence-electron chi connectivity index (χ0n) is 17.6. The van der Waals surface area contributed by atoms with Crippen LogP contribution in [0.3, 0.4) is 0 Å². The molecule has 0 aliphatic carbocycles. The van der Waals surface area contributed by atoms with Crippen LogP contribution in [0.15, 0.2) is 69.9 Å². The number of hydrogen-bond acceptors (Lipinski definition) is 6. The number of carbonyl (C=O) groups is 1. The Kier molecular flexibility index (Phi) is 7.18. The fraction of sp³-hybridized carbons (Fsp3) is 0.217. The Balaban J connectivity index is 1.32. The van der Waals surface area contributed by atoms with E-state index in [1.165, 1.54) is 28.7 Å². The van der Waals surface area contributed by atoms with Gasteiger partial charge in [0.1, 0.15) is 5.01 Å². The molecule has 0 saturated carbocycles. The smallest absolute Gasteiger partial charge is 0.325 e. The summed E-state index contributed by atoms with van der Waals surface area (Å²) >= 11 is 2.92. The van der Waals surface area contributed by atoms with Crippen LogP contribution in [-0.4, -0.2) is 25.7 Å². The second-order valence-corrected chi connectivity index (χ2v) is 9.14. The van der Waals surface area contributed by atoms with Gasteiger partial charge in [-0.1, -0.05) is 60.3 Å². The summed E-state index contributed by atoms with van der Waals surface area (Å²) in [5, 5.41) is 13.0.